The molecule has 0 spiro atoms. The van der Waals surface area contributed by atoms with Gasteiger partial charge in [0.25, 0.3) is 0 Å². The normalized spacial score (nSPS) is 24.1. The van der Waals surface area contributed by atoms with Gasteiger partial charge in [-0.2, -0.15) is 0 Å². The SMILES string of the molecule is S=[P@@]1(C2=C[CH]C=C2)SCc2ccccc2CS[P@@](=S)(C2=C[CH]C=C2)Sc2ccccc2S1.[CH]1C=CC=C1.[CH]1C=CC=C1.[Fe].[Fe]. The van der Waals surface area contributed by atoms with Crippen molar-refractivity contribution in [2.45, 2.75) is 21.3 Å². The molecule has 4 aliphatic carbocycles. The summed E-state index contributed by atoms with van der Waals surface area (Å²) < 4.78 is -3.87. The van der Waals surface area contributed by atoms with Gasteiger partial charge in [0, 0.05) is 91.7 Å². The van der Waals surface area contributed by atoms with Crippen molar-refractivity contribution in [2.24, 2.45) is 0 Å². The number of hydrogen-bond acceptors (Lipinski definition) is 6. The molecule has 0 saturated heterocycles. The van der Waals surface area contributed by atoms with E-state index < -0.39 is 8.88 Å². The Morgan fingerprint density at radius 3 is 1.18 bits per heavy atom. The number of rotatable bonds is 2. The van der Waals surface area contributed by atoms with Crippen LogP contribution in [0.4, 0.5) is 0 Å². The first-order valence-electron chi connectivity index (χ1n) is 13.4. The van der Waals surface area contributed by atoms with Crippen LogP contribution in [-0.4, -0.2) is 0 Å². The van der Waals surface area contributed by atoms with Gasteiger partial charge >= 0.3 is 0 Å². The fraction of sp³-hybridized carbons (Fsp3) is 0.0588. The Morgan fingerprint density at radius 2 is 0.864 bits per heavy atom. The van der Waals surface area contributed by atoms with Crippen molar-refractivity contribution >= 4 is 78.0 Å². The minimum absolute atomic E-state index is 0. The zero-order valence-electron chi connectivity index (χ0n) is 23.5. The molecule has 0 amide bonds. The molecule has 0 bridgehead atoms. The average molecular weight is 805 g/mol. The third-order valence-electron chi connectivity index (χ3n) is 6.22. The van der Waals surface area contributed by atoms with Gasteiger partial charge < -0.3 is 0 Å². The van der Waals surface area contributed by atoms with Crippen LogP contribution in [0.15, 0.2) is 154 Å². The Hall–Kier alpha value is 0.0990. The first kappa shape index (κ1) is 38.5. The van der Waals surface area contributed by atoms with Crippen LogP contribution >= 0.6 is 54.4 Å². The van der Waals surface area contributed by atoms with Gasteiger partial charge in [-0.3, -0.25) is 0 Å². The van der Waals surface area contributed by atoms with Gasteiger partial charge in [-0.25, -0.2) is 0 Å². The van der Waals surface area contributed by atoms with Crippen LogP contribution in [0.1, 0.15) is 11.1 Å². The molecule has 44 heavy (non-hydrogen) atoms. The van der Waals surface area contributed by atoms with E-state index in [0.29, 0.717) is 0 Å². The summed E-state index contributed by atoms with van der Waals surface area (Å²) in [5, 5.41) is 2.59. The molecule has 0 unspecified atom stereocenters. The summed E-state index contributed by atoms with van der Waals surface area (Å²) in [4.78, 5) is 2.54. The second kappa shape index (κ2) is 19.8. The van der Waals surface area contributed by atoms with Gasteiger partial charge in [-0.05, 0) is 23.3 Å². The van der Waals surface area contributed by atoms with Gasteiger partial charge in [0.05, 0.1) is 8.88 Å². The van der Waals surface area contributed by atoms with Gasteiger partial charge in [0.1, 0.15) is 0 Å². The molecular weight excluding hydrogens is 774 g/mol. The molecule has 10 heteroatoms. The zero-order valence-corrected chi connectivity index (χ0v) is 32.4. The molecule has 5 aliphatic rings. The van der Waals surface area contributed by atoms with Gasteiger partial charge in [0.15, 0.2) is 0 Å². The second-order valence-corrected chi connectivity index (χ2v) is 31.2. The number of hydrogen-bond donors (Lipinski definition) is 0. The van der Waals surface area contributed by atoms with Crippen molar-refractivity contribution in [1.82, 2.24) is 0 Å². The van der Waals surface area contributed by atoms with Crippen LogP contribution in [0.3, 0.4) is 0 Å². The molecule has 1 aliphatic heterocycles. The fourth-order valence-corrected chi connectivity index (χ4v) is 22.8. The van der Waals surface area contributed by atoms with E-state index >= 15 is 0 Å². The van der Waals surface area contributed by atoms with Crippen LogP contribution in [0.25, 0.3) is 0 Å². The molecule has 0 saturated carbocycles. The smallest absolute Gasteiger partial charge is 0.0896 e. The van der Waals surface area contributed by atoms with Crippen LogP contribution < -0.4 is 0 Å². The summed E-state index contributed by atoms with van der Waals surface area (Å²) in [6, 6.07) is 17.5. The molecule has 228 valence electrons. The Morgan fingerprint density at radius 1 is 0.477 bits per heavy atom. The first-order valence-corrected chi connectivity index (χ1v) is 25.0. The summed E-state index contributed by atoms with van der Waals surface area (Å²) in [6.07, 6.45) is 37.3. The van der Waals surface area contributed by atoms with Crippen molar-refractivity contribution in [3.8, 4) is 0 Å². The molecule has 4 radical (unpaired) electrons. The second-order valence-electron chi connectivity index (χ2n) is 9.15. The van der Waals surface area contributed by atoms with Crippen LogP contribution in [-0.2, 0) is 69.3 Å². The van der Waals surface area contributed by atoms with Crippen LogP contribution in [0.2, 0.25) is 0 Å². The molecule has 0 aromatic heterocycles. The third kappa shape index (κ3) is 11.1. The number of fused-ring (bicyclic) bond motifs is 2. The van der Waals surface area contributed by atoms with Crippen LogP contribution in [0, 0.1) is 25.7 Å². The molecular formula is C34H30Fe2P2S6. The van der Waals surface area contributed by atoms with E-state index in [1.54, 1.807) is 0 Å². The minimum atomic E-state index is -1.93. The summed E-state index contributed by atoms with van der Waals surface area (Å²) in [7, 11) is 0. The van der Waals surface area contributed by atoms with E-state index in [4.69, 9.17) is 23.6 Å². The Labute approximate surface area is 311 Å². The summed E-state index contributed by atoms with van der Waals surface area (Å²) in [6.45, 7) is 0. The van der Waals surface area contributed by atoms with Crippen molar-refractivity contribution in [3.05, 3.63) is 181 Å². The standard InChI is InChI=1S/C24H20P2S6.2C5H5.2Fe/c27-25(21-11-3-4-12-21)29-17-19-9-1-2-10-20(19)18-30-26(28,22-13-5-6-14-22)32-24-16-8-7-15-23(24)31-25;2*1-2-4-5-3-1;;/h1-16H,17-18H2;2*1-5H;;/t25-,26-;;;;/m0..../s1. The Balaban J connectivity index is 0.000000374. The summed E-state index contributed by atoms with van der Waals surface area (Å²) in [5.41, 5.74) is 2.77. The first-order chi connectivity index (χ1) is 20.6. The maximum Gasteiger partial charge on any atom is 0.0896 e. The van der Waals surface area contributed by atoms with E-state index in [1.165, 1.54) is 31.5 Å². The van der Waals surface area contributed by atoms with E-state index in [9.17, 15) is 0 Å². The number of benzene rings is 2. The minimum Gasteiger partial charge on any atom is -0.105 e. The predicted octanol–water partition coefficient (Wildman–Crippen LogP) is 12.6. The average Bonchev–Trinajstić information content (AvgIpc) is 3.85. The topological polar surface area (TPSA) is 0 Å². The van der Waals surface area contributed by atoms with E-state index in [1.807, 2.05) is 107 Å². The van der Waals surface area contributed by atoms with Crippen molar-refractivity contribution in [2.75, 3.05) is 0 Å². The molecule has 0 nitrogen and oxygen atoms in total. The summed E-state index contributed by atoms with van der Waals surface area (Å²) in [5.74, 6) is 1.86. The molecule has 2 aromatic rings. The molecule has 1 heterocycles. The van der Waals surface area contributed by atoms with Crippen LogP contribution in [0.5, 0.6) is 0 Å². The predicted molar refractivity (Wildman–Crippen MR) is 204 cm³/mol. The van der Waals surface area contributed by atoms with E-state index in [0.717, 1.165) is 11.5 Å². The quantitative estimate of drug-likeness (QED) is 0.217. The van der Waals surface area contributed by atoms with Crippen molar-refractivity contribution in [3.63, 3.8) is 0 Å². The van der Waals surface area contributed by atoms with Gasteiger partial charge in [-0.15, -0.1) is 22.8 Å². The van der Waals surface area contributed by atoms with Crippen molar-refractivity contribution in [1.29, 1.82) is 0 Å². The van der Waals surface area contributed by atoms with Gasteiger partial charge in [-0.1, -0.05) is 168 Å². The zero-order chi connectivity index (χ0) is 29.1. The van der Waals surface area contributed by atoms with E-state index in [-0.39, 0.29) is 34.1 Å². The largest absolute Gasteiger partial charge is 0.105 e. The number of allylic oxidation sites excluding steroid dienone is 16. The molecule has 0 N–H and O–H groups in total. The molecule has 2 aromatic carbocycles. The molecule has 0 fully saturated rings. The third-order valence-corrected chi connectivity index (χ3v) is 27.1. The maximum absolute atomic E-state index is 6.45. The Bertz CT molecular complexity index is 1480. The summed E-state index contributed by atoms with van der Waals surface area (Å²) >= 11 is 20.6. The van der Waals surface area contributed by atoms with Crippen molar-refractivity contribution < 1.29 is 34.1 Å². The Kier molecular flexibility index (Phi) is 17.4. The molecule has 7 rings (SSSR count). The van der Waals surface area contributed by atoms with Gasteiger partial charge in [0.2, 0.25) is 0 Å². The fourth-order valence-electron chi connectivity index (χ4n) is 4.05. The molecule has 2 atom stereocenters. The monoisotopic (exact) mass is 804 g/mol. The maximum atomic E-state index is 6.45. The van der Waals surface area contributed by atoms with E-state index in [2.05, 4.69) is 97.8 Å².